The van der Waals surface area contributed by atoms with Crippen LogP contribution in [0.3, 0.4) is 0 Å². The second kappa shape index (κ2) is 14.0. The zero-order valence-electron chi connectivity index (χ0n) is 29.4. The van der Waals surface area contributed by atoms with E-state index in [0.29, 0.717) is 5.56 Å². The molecule has 3 aromatic heterocycles. The molecule has 0 spiro atoms. The van der Waals surface area contributed by atoms with Gasteiger partial charge in [0.2, 0.25) is 0 Å². The van der Waals surface area contributed by atoms with E-state index < -0.39 is 5.97 Å². The molecular weight excluding hydrogens is 679 g/mol. The van der Waals surface area contributed by atoms with E-state index in [1.807, 2.05) is 84.9 Å². The summed E-state index contributed by atoms with van der Waals surface area (Å²) in [5.74, 6) is -1.27. The van der Waals surface area contributed by atoms with E-state index in [4.69, 9.17) is 9.97 Å². The maximum atomic E-state index is 11.6. The number of nitrogens with one attached hydrogen (secondary N) is 2. The summed E-state index contributed by atoms with van der Waals surface area (Å²) >= 11 is 0. The predicted octanol–water partition coefficient (Wildman–Crippen LogP) is 11.3. The van der Waals surface area contributed by atoms with Crippen molar-refractivity contribution in [1.82, 2.24) is 19.9 Å². The summed E-state index contributed by atoms with van der Waals surface area (Å²) in [5.41, 5.74) is 14.8. The lowest BCUT2D eigenvalue weighted by atomic mass is 10.0. The van der Waals surface area contributed by atoms with Crippen LogP contribution in [-0.2, 0) is 4.79 Å². The fraction of sp³-hybridized carbons (Fsp3) is 0. The van der Waals surface area contributed by atoms with Gasteiger partial charge in [0.25, 0.3) is 0 Å². The highest BCUT2D eigenvalue weighted by Gasteiger charge is 2.19. The Morgan fingerprint density at radius 1 is 0.491 bits per heavy atom. The second-order valence-electron chi connectivity index (χ2n) is 13.2. The molecule has 0 amide bonds. The van der Waals surface area contributed by atoms with Crippen LogP contribution in [0.4, 0.5) is 0 Å². The number of nitrogens with zero attached hydrogens (tertiary/aromatic N) is 3. The summed E-state index contributed by atoms with van der Waals surface area (Å²) in [7, 11) is 0. The Morgan fingerprint density at radius 2 is 0.818 bits per heavy atom. The van der Waals surface area contributed by atoms with Gasteiger partial charge in [-0.25, -0.2) is 14.8 Å². The van der Waals surface area contributed by atoms with Crippen molar-refractivity contribution in [2.45, 2.75) is 0 Å². The monoisotopic (exact) mass is 709 g/mol. The topological polar surface area (TPSA) is 118 Å². The number of aliphatic carboxylic acids is 1. The predicted molar refractivity (Wildman–Crippen MR) is 222 cm³/mol. The first-order chi connectivity index (χ1) is 27.0. The van der Waals surface area contributed by atoms with Gasteiger partial charge in [-0.05, 0) is 82.5 Å². The van der Waals surface area contributed by atoms with Crippen molar-refractivity contribution in [2.24, 2.45) is 0 Å². The molecular formula is C48H31N5O2. The minimum atomic E-state index is -1.27. The van der Waals surface area contributed by atoms with Crippen LogP contribution in [0, 0.1) is 11.3 Å². The Kier molecular flexibility index (Phi) is 8.39. The molecule has 260 valence electrons. The lowest BCUT2D eigenvalue weighted by molar-refractivity contribution is -0.132. The SMILES string of the molecule is N#C/C(=C\c1ccc(-c2c3nc(c(-c4ccccc4)c4ccc([nH]4)c(-c4ccccc4)c4nc(c(-c5ccccc5)c5ccc2[nH]5)C=C4)C=C3)cc1)C(=O)O. The van der Waals surface area contributed by atoms with Crippen molar-refractivity contribution in [2.75, 3.05) is 0 Å². The van der Waals surface area contributed by atoms with Crippen molar-refractivity contribution in [3.63, 3.8) is 0 Å². The number of aromatic amines is 2. The number of hydrogen-bond donors (Lipinski definition) is 3. The number of fused-ring (bicyclic) bond motifs is 8. The first-order valence-corrected chi connectivity index (χ1v) is 17.8. The highest BCUT2D eigenvalue weighted by atomic mass is 16.4. The van der Waals surface area contributed by atoms with Gasteiger partial charge in [0.05, 0.1) is 22.8 Å². The molecule has 7 heteroatoms. The lowest BCUT2D eigenvalue weighted by Gasteiger charge is -2.07. The second-order valence-corrected chi connectivity index (χ2v) is 13.2. The van der Waals surface area contributed by atoms with Crippen LogP contribution in [0.15, 0.2) is 145 Å². The summed E-state index contributed by atoms with van der Waals surface area (Å²) in [4.78, 5) is 29.7. The Morgan fingerprint density at radius 3 is 1.13 bits per heavy atom. The molecule has 0 unspecified atom stereocenters. The minimum Gasteiger partial charge on any atom is -0.477 e. The third-order valence-corrected chi connectivity index (χ3v) is 9.80. The summed E-state index contributed by atoms with van der Waals surface area (Å²) in [5, 5.41) is 18.8. The summed E-state index contributed by atoms with van der Waals surface area (Å²) in [6.07, 6.45) is 9.63. The third-order valence-electron chi connectivity index (χ3n) is 9.80. The average molecular weight is 710 g/mol. The van der Waals surface area contributed by atoms with E-state index in [1.54, 1.807) is 6.07 Å². The number of aromatic nitrogens is 4. The Balaban J connectivity index is 1.41. The van der Waals surface area contributed by atoms with Gasteiger partial charge in [0.15, 0.2) is 0 Å². The van der Waals surface area contributed by atoms with E-state index >= 15 is 0 Å². The van der Waals surface area contributed by atoms with Gasteiger partial charge < -0.3 is 15.1 Å². The fourth-order valence-electron chi connectivity index (χ4n) is 7.29. The first kappa shape index (κ1) is 33.0. The number of carbonyl (C=O) groups is 1. The maximum absolute atomic E-state index is 11.6. The van der Waals surface area contributed by atoms with Crippen LogP contribution in [0.2, 0.25) is 0 Å². The van der Waals surface area contributed by atoms with Crippen LogP contribution in [-0.4, -0.2) is 31.0 Å². The molecule has 2 aliphatic rings. The number of benzene rings is 4. The lowest BCUT2D eigenvalue weighted by Crippen LogP contribution is -1.97. The van der Waals surface area contributed by atoms with Gasteiger partial charge in [0.1, 0.15) is 11.6 Å². The highest BCUT2D eigenvalue weighted by Crippen LogP contribution is 2.38. The summed E-state index contributed by atoms with van der Waals surface area (Å²) in [6.45, 7) is 0. The fourth-order valence-corrected chi connectivity index (χ4v) is 7.29. The van der Waals surface area contributed by atoms with Gasteiger partial charge in [-0.15, -0.1) is 0 Å². The summed E-state index contributed by atoms with van der Waals surface area (Å²) < 4.78 is 0. The van der Waals surface area contributed by atoms with Crippen LogP contribution < -0.4 is 0 Å². The molecule has 5 heterocycles. The molecule has 55 heavy (non-hydrogen) atoms. The highest BCUT2D eigenvalue weighted by molar-refractivity contribution is 6.00. The average Bonchev–Trinajstić information content (AvgIpc) is 4.07. The normalized spacial score (nSPS) is 12.1. The van der Waals surface area contributed by atoms with Crippen molar-refractivity contribution in [3.8, 4) is 50.6 Å². The molecule has 0 fully saturated rings. The quantitative estimate of drug-likeness (QED) is 0.117. The standard InChI is InChI=1S/C48H31N5O2/c49-29-35(48(54)55)28-30-16-18-34(19-17-30)47-42-26-24-40(52-42)45(32-12-6-2-7-13-32)38-22-20-36(50-38)44(31-10-4-1-5-11-31)37-21-23-39(51-37)46(33-14-8-3-9-15-33)41-25-27-43(47)53-41/h1-28,50,53H,(H,54,55)/b35-28+,44-36?,44-37?,45-38?,45-40?,46-39?,46-41?,47-42?,47-43?. The van der Waals surface area contributed by atoms with Gasteiger partial charge >= 0.3 is 5.97 Å². The number of rotatable bonds is 6. The van der Waals surface area contributed by atoms with E-state index in [0.717, 1.165) is 89.4 Å². The molecule has 3 N–H and O–H groups in total. The Hall–Kier alpha value is -7.82. The van der Waals surface area contributed by atoms with Gasteiger partial charge in [0, 0.05) is 44.3 Å². The molecule has 0 radical (unpaired) electrons. The van der Waals surface area contributed by atoms with Crippen molar-refractivity contribution in [3.05, 3.63) is 173 Å². The molecule has 4 aromatic carbocycles. The van der Waals surface area contributed by atoms with E-state index in [9.17, 15) is 15.2 Å². The number of carboxylic acids is 1. The van der Waals surface area contributed by atoms with Crippen LogP contribution >= 0.6 is 0 Å². The van der Waals surface area contributed by atoms with Gasteiger partial charge in [-0.2, -0.15) is 5.26 Å². The Bertz CT molecular complexity index is 2890. The molecule has 0 saturated carbocycles. The zero-order chi connectivity index (χ0) is 37.3. The molecule has 9 rings (SSSR count). The molecule has 8 bridgehead atoms. The maximum Gasteiger partial charge on any atom is 0.346 e. The smallest absolute Gasteiger partial charge is 0.346 e. The van der Waals surface area contributed by atoms with E-state index in [-0.39, 0.29) is 5.57 Å². The third kappa shape index (κ3) is 6.24. The molecule has 0 atom stereocenters. The number of hydrogen-bond acceptors (Lipinski definition) is 4. The van der Waals surface area contributed by atoms with Crippen LogP contribution in [0.25, 0.3) is 97.0 Å². The zero-order valence-corrected chi connectivity index (χ0v) is 29.4. The minimum absolute atomic E-state index is 0.334. The molecule has 0 aliphatic carbocycles. The van der Waals surface area contributed by atoms with Crippen LogP contribution in [0.5, 0.6) is 0 Å². The van der Waals surface area contributed by atoms with Crippen molar-refractivity contribution < 1.29 is 9.90 Å². The van der Waals surface area contributed by atoms with E-state index in [1.165, 1.54) is 6.08 Å². The number of nitriles is 1. The largest absolute Gasteiger partial charge is 0.477 e. The van der Waals surface area contributed by atoms with Crippen LogP contribution in [0.1, 0.15) is 28.3 Å². The van der Waals surface area contributed by atoms with E-state index in [2.05, 4.69) is 88.9 Å². The van der Waals surface area contributed by atoms with Crippen molar-refractivity contribution in [1.29, 1.82) is 5.26 Å². The number of H-pyrrole nitrogens is 2. The van der Waals surface area contributed by atoms with Gasteiger partial charge in [-0.1, -0.05) is 115 Å². The molecule has 7 nitrogen and oxygen atoms in total. The Labute approximate surface area is 316 Å². The molecule has 0 saturated heterocycles. The van der Waals surface area contributed by atoms with Gasteiger partial charge in [-0.3, -0.25) is 0 Å². The molecule has 7 aromatic rings. The number of carboxylic acid groups (broad SMARTS) is 1. The van der Waals surface area contributed by atoms with Crippen molar-refractivity contribution >= 4 is 58.4 Å². The summed E-state index contributed by atoms with van der Waals surface area (Å²) in [6, 6.07) is 48.5. The molecule has 2 aliphatic heterocycles. The first-order valence-electron chi connectivity index (χ1n) is 17.8.